The molecular weight excluding hydrogens is 450 g/mol. The average molecular weight is 492 g/mol. The van der Waals surface area contributed by atoms with Crippen LogP contribution in [0.1, 0.15) is 69.3 Å². The van der Waals surface area contributed by atoms with Gasteiger partial charge in [-0.1, -0.05) is 44.9 Å². The Labute approximate surface area is 215 Å². The SMILES string of the molecule is CC(C)C[C@@H](C#N)NC(=O)[C@@H]1CCCC[C@@H]1NC(=O)c1cc2ccccc2n1CC1CCN(C)CC1. The van der Waals surface area contributed by atoms with Gasteiger partial charge < -0.3 is 20.1 Å². The van der Waals surface area contributed by atoms with Crippen molar-refractivity contribution in [2.75, 3.05) is 20.1 Å². The quantitative estimate of drug-likeness (QED) is 0.575. The maximum absolute atomic E-state index is 13.7. The molecule has 2 fully saturated rings. The molecule has 1 aliphatic carbocycles. The Balaban J connectivity index is 1.51. The lowest BCUT2D eigenvalue weighted by Gasteiger charge is -2.32. The van der Waals surface area contributed by atoms with Gasteiger partial charge in [0.2, 0.25) is 5.91 Å². The molecule has 7 nitrogen and oxygen atoms in total. The van der Waals surface area contributed by atoms with Crippen molar-refractivity contribution in [3.8, 4) is 6.07 Å². The molecule has 0 radical (unpaired) electrons. The van der Waals surface area contributed by atoms with Crippen molar-refractivity contribution in [3.63, 3.8) is 0 Å². The Kier molecular flexibility index (Phi) is 8.68. The summed E-state index contributed by atoms with van der Waals surface area (Å²) >= 11 is 0. The van der Waals surface area contributed by atoms with Crippen LogP contribution in [-0.4, -0.2) is 53.5 Å². The highest BCUT2D eigenvalue weighted by molar-refractivity contribution is 5.99. The van der Waals surface area contributed by atoms with Crippen LogP contribution in [0.5, 0.6) is 0 Å². The predicted octanol–water partition coefficient (Wildman–Crippen LogP) is 4.33. The van der Waals surface area contributed by atoms with E-state index in [0.717, 1.165) is 69.1 Å². The number of aromatic nitrogens is 1. The highest BCUT2D eigenvalue weighted by Crippen LogP contribution is 2.28. The molecule has 1 aliphatic heterocycles. The number of piperidine rings is 1. The van der Waals surface area contributed by atoms with Crippen LogP contribution < -0.4 is 10.6 Å². The fourth-order valence-corrected chi connectivity index (χ4v) is 5.85. The van der Waals surface area contributed by atoms with Crippen LogP contribution in [0.15, 0.2) is 30.3 Å². The minimum atomic E-state index is -0.493. The van der Waals surface area contributed by atoms with Gasteiger partial charge >= 0.3 is 0 Å². The Hall–Kier alpha value is -2.85. The Bertz CT molecular complexity index is 1090. The number of carbonyl (C=O) groups is 2. The molecule has 2 heterocycles. The molecule has 1 aromatic carbocycles. The second-order valence-corrected chi connectivity index (χ2v) is 11.2. The minimum absolute atomic E-state index is 0.108. The molecule has 2 aliphatic rings. The standard InChI is InChI=1S/C29H41N5O2/c1-20(2)16-23(18-30)31-28(35)24-9-5-6-10-25(24)32-29(36)27-17-22-8-4-7-11-26(22)34(27)19-21-12-14-33(3)15-13-21/h4,7-8,11,17,20-21,23-25H,5-6,9-10,12-16,19H2,1-3H3,(H,31,35)(H,32,36)/t23-,24+,25-/m0/s1. The van der Waals surface area contributed by atoms with Gasteiger partial charge in [-0.2, -0.15) is 5.26 Å². The molecule has 3 atom stereocenters. The van der Waals surface area contributed by atoms with Gasteiger partial charge in [-0.25, -0.2) is 0 Å². The molecule has 2 aromatic rings. The first-order chi connectivity index (χ1) is 17.4. The molecule has 7 heteroatoms. The van der Waals surface area contributed by atoms with Crippen LogP contribution in [0.25, 0.3) is 10.9 Å². The normalized spacial score (nSPS) is 22.3. The maximum atomic E-state index is 13.7. The number of nitrogens with one attached hydrogen (secondary N) is 2. The lowest BCUT2D eigenvalue weighted by Crippen LogP contribution is -2.50. The van der Waals surface area contributed by atoms with Gasteiger partial charge in [0, 0.05) is 23.5 Å². The molecule has 194 valence electrons. The summed E-state index contributed by atoms with van der Waals surface area (Å²) in [6.07, 6.45) is 6.35. The maximum Gasteiger partial charge on any atom is 0.268 e. The summed E-state index contributed by atoms with van der Waals surface area (Å²) in [6, 6.07) is 11.7. The number of nitrogens with zero attached hydrogens (tertiary/aromatic N) is 3. The zero-order valence-electron chi connectivity index (χ0n) is 22.0. The third kappa shape index (κ3) is 6.28. The predicted molar refractivity (Wildman–Crippen MR) is 142 cm³/mol. The third-order valence-corrected chi connectivity index (χ3v) is 7.92. The van der Waals surface area contributed by atoms with Crippen LogP contribution in [0.2, 0.25) is 0 Å². The van der Waals surface area contributed by atoms with Gasteiger partial charge in [-0.3, -0.25) is 9.59 Å². The van der Waals surface area contributed by atoms with Crippen molar-refractivity contribution in [3.05, 3.63) is 36.0 Å². The monoisotopic (exact) mass is 491 g/mol. The number of amides is 2. The van der Waals surface area contributed by atoms with Crippen molar-refractivity contribution in [2.24, 2.45) is 17.8 Å². The topological polar surface area (TPSA) is 90.2 Å². The summed E-state index contributed by atoms with van der Waals surface area (Å²) in [5.41, 5.74) is 1.76. The summed E-state index contributed by atoms with van der Waals surface area (Å²) in [7, 11) is 2.17. The van der Waals surface area contributed by atoms with Gasteiger partial charge in [0.1, 0.15) is 11.7 Å². The second kappa shape index (κ2) is 11.9. The van der Waals surface area contributed by atoms with Gasteiger partial charge in [-0.15, -0.1) is 0 Å². The van der Waals surface area contributed by atoms with Crippen molar-refractivity contribution in [2.45, 2.75) is 77.4 Å². The molecule has 1 aromatic heterocycles. The molecule has 2 N–H and O–H groups in total. The van der Waals surface area contributed by atoms with Crippen molar-refractivity contribution in [1.82, 2.24) is 20.1 Å². The van der Waals surface area contributed by atoms with E-state index < -0.39 is 6.04 Å². The summed E-state index contributed by atoms with van der Waals surface area (Å²) < 4.78 is 2.19. The third-order valence-electron chi connectivity index (χ3n) is 7.92. The zero-order valence-corrected chi connectivity index (χ0v) is 22.0. The van der Waals surface area contributed by atoms with Crippen LogP contribution in [0.3, 0.4) is 0 Å². The average Bonchev–Trinajstić information content (AvgIpc) is 3.23. The first-order valence-electron chi connectivity index (χ1n) is 13.6. The number of hydrogen-bond acceptors (Lipinski definition) is 4. The number of nitriles is 1. The molecule has 2 amide bonds. The zero-order chi connectivity index (χ0) is 25.7. The van der Waals surface area contributed by atoms with Crippen LogP contribution in [0.4, 0.5) is 0 Å². The number of likely N-dealkylation sites (tertiary alicyclic amines) is 1. The summed E-state index contributed by atoms with van der Waals surface area (Å²) in [6.45, 7) is 7.10. The van der Waals surface area contributed by atoms with E-state index in [1.807, 2.05) is 32.0 Å². The highest BCUT2D eigenvalue weighted by Gasteiger charge is 2.34. The van der Waals surface area contributed by atoms with Gasteiger partial charge in [-0.05, 0) is 76.2 Å². The number of fused-ring (bicyclic) bond motifs is 1. The van der Waals surface area contributed by atoms with E-state index in [1.165, 1.54) is 0 Å². The number of hydrogen-bond donors (Lipinski definition) is 2. The molecule has 1 saturated carbocycles. The minimum Gasteiger partial charge on any atom is -0.347 e. The Morgan fingerprint density at radius 1 is 1.11 bits per heavy atom. The molecule has 0 spiro atoms. The van der Waals surface area contributed by atoms with E-state index in [4.69, 9.17) is 0 Å². The Morgan fingerprint density at radius 2 is 1.83 bits per heavy atom. The lowest BCUT2D eigenvalue weighted by molar-refractivity contribution is -0.127. The molecule has 0 bridgehead atoms. The van der Waals surface area contributed by atoms with Crippen molar-refractivity contribution < 1.29 is 9.59 Å². The Morgan fingerprint density at radius 3 is 2.56 bits per heavy atom. The molecular formula is C29H41N5O2. The number of rotatable bonds is 8. The fraction of sp³-hybridized carbons (Fsp3) is 0.621. The molecule has 36 heavy (non-hydrogen) atoms. The second-order valence-electron chi connectivity index (χ2n) is 11.2. The summed E-state index contributed by atoms with van der Waals surface area (Å²) in [5, 5.41) is 16.7. The molecule has 0 unspecified atom stereocenters. The first kappa shape index (κ1) is 26.2. The van der Waals surface area contributed by atoms with E-state index in [9.17, 15) is 14.9 Å². The van der Waals surface area contributed by atoms with Crippen molar-refractivity contribution in [1.29, 1.82) is 5.26 Å². The number of carbonyl (C=O) groups excluding carboxylic acids is 2. The van der Waals surface area contributed by atoms with E-state index in [2.05, 4.69) is 45.4 Å². The number of benzene rings is 1. The lowest BCUT2D eigenvalue weighted by atomic mass is 9.83. The summed E-state index contributed by atoms with van der Waals surface area (Å²) in [4.78, 5) is 29.2. The number of para-hydroxylation sites is 1. The van der Waals surface area contributed by atoms with Crippen LogP contribution >= 0.6 is 0 Å². The molecule has 4 rings (SSSR count). The van der Waals surface area contributed by atoms with Gasteiger partial charge in [0.25, 0.3) is 5.91 Å². The van der Waals surface area contributed by atoms with Crippen LogP contribution in [0, 0.1) is 29.1 Å². The largest absolute Gasteiger partial charge is 0.347 e. The highest BCUT2D eigenvalue weighted by atomic mass is 16.2. The van der Waals surface area contributed by atoms with Gasteiger partial charge in [0.15, 0.2) is 0 Å². The van der Waals surface area contributed by atoms with E-state index in [1.54, 1.807) is 0 Å². The molecule has 1 saturated heterocycles. The van der Waals surface area contributed by atoms with E-state index >= 15 is 0 Å². The van der Waals surface area contributed by atoms with E-state index in [0.29, 0.717) is 24.0 Å². The smallest absolute Gasteiger partial charge is 0.268 e. The fourth-order valence-electron chi connectivity index (χ4n) is 5.85. The van der Waals surface area contributed by atoms with E-state index in [-0.39, 0.29) is 23.8 Å². The first-order valence-corrected chi connectivity index (χ1v) is 13.6. The van der Waals surface area contributed by atoms with Crippen molar-refractivity contribution >= 4 is 22.7 Å². The van der Waals surface area contributed by atoms with Gasteiger partial charge in [0.05, 0.1) is 12.0 Å². The van der Waals surface area contributed by atoms with Crippen LogP contribution in [-0.2, 0) is 11.3 Å². The summed E-state index contributed by atoms with van der Waals surface area (Å²) in [5.74, 6) is 0.336.